The molecule has 10 heteroatoms. The minimum absolute atomic E-state index is 0.203. The van der Waals surface area contributed by atoms with E-state index in [-0.39, 0.29) is 10.5 Å². The molecule has 0 aliphatic rings. The molecule has 0 heterocycles. The Hall–Kier alpha value is -1.68. The number of rotatable bonds is 5. The van der Waals surface area contributed by atoms with E-state index in [9.17, 15) is 30.8 Å². The SMILES string of the molecule is NS(=O)(=O)c1ccc(CNC(=O)C(F)(F)C(F)F)cc1. The molecule has 112 valence electrons. The van der Waals surface area contributed by atoms with E-state index in [2.05, 4.69) is 0 Å². The van der Waals surface area contributed by atoms with Crippen molar-refractivity contribution in [3.63, 3.8) is 0 Å². The number of hydrogen-bond acceptors (Lipinski definition) is 3. The Bertz CT molecular complexity index is 587. The maximum Gasteiger partial charge on any atom is 0.383 e. The molecule has 0 atom stereocenters. The summed E-state index contributed by atoms with van der Waals surface area (Å²) in [6.07, 6.45) is -4.10. The highest BCUT2D eigenvalue weighted by Gasteiger charge is 2.48. The van der Waals surface area contributed by atoms with Gasteiger partial charge in [0, 0.05) is 6.54 Å². The monoisotopic (exact) mass is 314 g/mol. The van der Waals surface area contributed by atoms with E-state index in [0.29, 0.717) is 0 Å². The smallest absolute Gasteiger partial charge is 0.347 e. The zero-order chi connectivity index (χ0) is 15.6. The van der Waals surface area contributed by atoms with Gasteiger partial charge >= 0.3 is 12.3 Å². The van der Waals surface area contributed by atoms with Gasteiger partial charge in [0.1, 0.15) is 0 Å². The molecule has 0 aromatic heterocycles. The van der Waals surface area contributed by atoms with Crippen LogP contribution in [0.25, 0.3) is 0 Å². The first kappa shape index (κ1) is 16.4. The molecular weight excluding hydrogens is 304 g/mol. The van der Waals surface area contributed by atoms with Crippen LogP contribution < -0.4 is 10.5 Å². The number of carbonyl (C=O) groups excluding carboxylic acids is 1. The lowest BCUT2D eigenvalue weighted by molar-refractivity contribution is -0.169. The molecule has 0 saturated heterocycles. The summed E-state index contributed by atoms with van der Waals surface area (Å²) < 4.78 is 70.9. The van der Waals surface area contributed by atoms with E-state index in [1.54, 1.807) is 5.32 Å². The normalized spacial score (nSPS) is 12.5. The second kappa shape index (κ2) is 5.75. The van der Waals surface area contributed by atoms with E-state index in [1.807, 2.05) is 0 Å². The summed E-state index contributed by atoms with van der Waals surface area (Å²) in [5, 5.41) is 6.47. The highest BCUT2D eigenvalue weighted by atomic mass is 32.2. The number of primary sulfonamides is 1. The molecule has 5 nitrogen and oxygen atoms in total. The van der Waals surface area contributed by atoms with Crippen LogP contribution in [0.1, 0.15) is 5.56 Å². The molecule has 1 aromatic rings. The number of benzene rings is 1. The lowest BCUT2D eigenvalue weighted by atomic mass is 10.2. The topological polar surface area (TPSA) is 89.3 Å². The van der Waals surface area contributed by atoms with Crippen molar-refractivity contribution >= 4 is 15.9 Å². The van der Waals surface area contributed by atoms with Gasteiger partial charge in [-0.1, -0.05) is 12.1 Å². The van der Waals surface area contributed by atoms with Crippen LogP contribution in [0.4, 0.5) is 17.6 Å². The first-order chi connectivity index (χ1) is 9.05. The maximum absolute atomic E-state index is 12.6. The van der Waals surface area contributed by atoms with Crippen LogP contribution in [-0.4, -0.2) is 26.7 Å². The Balaban J connectivity index is 2.70. The van der Waals surface area contributed by atoms with Crippen molar-refractivity contribution < 1.29 is 30.8 Å². The van der Waals surface area contributed by atoms with Crippen molar-refractivity contribution in [2.45, 2.75) is 23.8 Å². The summed E-state index contributed by atoms with van der Waals surface area (Å²) in [5.74, 6) is -6.89. The Morgan fingerprint density at radius 3 is 2.15 bits per heavy atom. The second-order valence-corrected chi connectivity index (χ2v) is 5.36. The zero-order valence-electron chi connectivity index (χ0n) is 9.82. The van der Waals surface area contributed by atoms with Gasteiger partial charge in [-0.2, -0.15) is 8.78 Å². The third-order valence-corrected chi connectivity index (χ3v) is 3.21. The van der Waals surface area contributed by atoms with E-state index in [1.165, 1.54) is 12.1 Å². The fourth-order valence-electron chi connectivity index (χ4n) is 1.20. The lowest BCUT2D eigenvalue weighted by Gasteiger charge is -2.14. The van der Waals surface area contributed by atoms with E-state index in [4.69, 9.17) is 5.14 Å². The molecule has 0 bridgehead atoms. The van der Waals surface area contributed by atoms with Crippen LogP contribution in [0.5, 0.6) is 0 Å². The zero-order valence-corrected chi connectivity index (χ0v) is 10.6. The fourth-order valence-corrected chi connectivity index (χ4v) is 1.71. The summed E-state index contributed by atoms with van der Waals surface area (Å²) >= 11 is 0. The molecule has 3 N–H and O–H groups in total. The van der Waals surface area contributed by atoms with Gasteiger partial charge in [0.25, 0.3) is 5.91 Å². The average molecular weight is 314 g/mol. The minimum atomic E-state index is -4.78. The minimum Gasteiger partial charge on any atom is -0.347 e. The average Bonchev–Trinajstić information content (AvgIpc) is 2.35. The molecule has 0 aliphatic heterocycles. The highest BCUT2D eigenvalue weighted by molar-refractivity contribution is 7.89. The molecule has 0 aliphatic carbocycles. The van der Waals surface area contributed by atoms with Crippen molar-refractivity contribution in [2.75, 3.05) is 0 Å². The predicted molar refractivity (Wildman–Crippen MR) is 60.6 cm³/mol. The summed E-state index contributed by atoms with van der Waals surface area (Å²) in [6.45, 7) is -0.452. The van der Waals surface area contributed by atoms with Crippen LogP contribution >= 0.6 is 0 Å². The number of sulfonamides is 1. The van der Waals surface area contributed by atoms with Crippen LogP contribution in [0, 0.1) is 0 Å². The van der Waals surface area contributed by atoms with Crippen LogP contribution in [0.3, 0.4) is 0 Å². The van der Waals surface area contributed by atoms with Gasteiger partial charge < -0.3 is 5.32 Å². The molecule has 0 unspecified atom stereocenters. The number of halogens is 4. The van der Waals surface area contributed by atoms with Crippen molar-refractivity contribution in [2.24, 2.45) is 5.14 Å². The van der Waals surface area contributed by atoms with Gasteiger partial charge in [0.2, 0.25) is 10.0 Å². The Morgan fingerprint density at radius 2 is 1.75 bits per heavy atom. The number of carbonyl (C=O) groups is 1. The van der Waals surface area contributed by atoms with Gasteiger partial charge in [-0.25, -0.2) is 22.3 Å². The summed E-state index contributed by atoms with van der Waals surface area (Å²) in [6, 6.07) is 4.62. The molecular formula is C10H10F4N2O3S. The van der Waals surface area contributed by atoms with E-state index < -0.39 is 34.8 Å². The molecule has 20 heavy (non-hydrogen) atoms. The lowest BCUT2D eigenvalue weighted by Crippen LogP contribution is -2.44. The number of hydrogen-bond donors (Lipinski definition) is 2. The maximum atomic E-state index is 12.6. The quantitative estimate of drug-likeness (QED) is 0.790. The summed E-state index contributed by atoms with van der Waals surface area (Å²) in [5.41, 5.74) is 0.246. The molecule has 0 fully saturated rings. The molecule has 1 amide bonds. The van der Waals surface area contributed by atoms with Crippen LogP contribution in [0.2, 0.25) is 0 Å². The predicted octanol–water partition coefficient (Wildman–Crippen LogP) is 0.851. The van der Waals surface area contributed by atoms with Crippen LogP contribution in [-0.2, 0) is 21.4 Å². The standard InChI is InChI=1S/C10H10F4N2O3S/c11-8(12)10(13,14)9(17)16-5-6-1-3-7(4-2-6)20(15,18)19/h1-4,8H,5H2,(H,16,17)(H2,15,18,19). The summed E-state index contributed by atoms with van der Waals surface area (Å²) in [7, 11) is -3.89. The van der Waals surface area contributed by atoms with Crippen molar-refractivity contribution in [1.82, 2.24) is 5.32 Å². The third kappa shape index (κ3) is 3.90. The largest absolute Gasteiger partial charge is 0.383 e. The van der Waals surface area contributed by atoms with Crippen LogP contribution in [0.15, 0.2) is 29.2 Å². The van der Waals surface area contributed by atoms with Gasteiger partial charge in [-0.05, 0) is 17.7 Å². The van der Waals surface area contributed by atoms with Crippen molar-refractivity contribution in [3.8, 4) is 0 Å². The first-order valence-electron chi connectivity index (χ1n) is 5.11. The van der Waals surface area contributed by atoms with Gasteiger partial charge in [-0.15, -0.1) is 0 Å². The van der Waals surface area contributed by atoms with E-state index >= 15 is 0 Å². The number of amides is 1. The number of nitrogens with one attached hydrogen (secondary N) is 1. The van der Waals surface area contributed by atoms with Gasteiger partial charge in [-0.3, -0.25) is 4.79 Å². The fraction of sp³-hybridized carbons (Fsp3) is 0.300. The number of alkyl halides is 4. The van der Waals surface area contributed by atoms with E-state index in [0.717, 1.165) is 12.1 Å². The Labute approximate surface area is 111 Å². The molecule has 1 aromatic carbocycles. The highest BCUT2D eigenvalue weighted by Crippen LogP contribution is 2.22. The number of nitrogens with two attached hydrogens (primary N) is 1. The molecule has 1 rings (SSSR count). The first-order valence-corrected chi connectivity index (χ1v) is 6.66. The second-order valence-electron chi connectivity index (χ2n) is 3.80. The Kier molecular flexibility index (Phi) is 4.71. The molecule has 0 spiro atoms. The summed E-state index contributed by atoms with van der Waals surface area (Å²) in [4.78, 5) is 10.6. The van der Waals surface area contributed by atoms with Gasteiger partial charge in [0.05, 0.1) is 4.90 Å². The Morgan fingerprint density at radius 1 is 1.25 bits per heavy atom. The van der Waals surface area contributed by atoms with Crippen molar-refractivity contribution in [3.05, 3.63) is 29.8 Å². The van der Waals surface area contributed by atoms with Crippen molar-refractivity contribution in [1.29, 1.82) is 0 Å². The molecule has 0 radical (unpaired) electrons. The third-order valence-electron chi connectivity index (χ3n) is 2.28. The van der Waals surface area contributed by atoms with Gasteiger partial charge in [0.15, 0.2) is 0 Å². The molecule has 0 saturated carbocycles.